The smallest absolute Gasteiger partial charge is 0.193 e. The number of guanidine groups is 1. The van der Waals surface area contributed by atoms with Gasteiger partial charge in [-0.2, -0.15) is 0 Å². The van der Waals surface area contributed by atoms with Gasteiger partial charge in [0.05, 0.1) is 18.3 Å². The molecule has 1 aromatic heterocycles. The molecule has 2 heterocycles. The zero-order valence-electron chi connectivity index (χ0n) is 13.8. The number of ether oxygens (including phenoxy) is 2. The highest BCUT2D eigenvalue weighted by Crippen LogP contribution is 2.20. The molecule has 0 bridgehead atoms. The van der Waals surface area contributed by atoms with Gasteiger partial charge in [-0.05, 0) is 19.8 Å². The van der Waals surface area contributed by atoms with E-state index in [9.17, 15) is 0 Å². The number of methoxy groups -OCH3 is 1. The van der Waals surface area contributed by atoms with Crippen LogP contribution in [0.1, 0.15) is 36.6 Å². The first-order valence-electron chi connectivity index (χ1n) is 7.64. The maximum Gasteiger partial charge on any atom is 0.193 e. The first kappa shape index (κ1) is 17.2. The normalized spacial score (nSPS) is 20.2. The number of rotatable bonds is 6. The molecule has 0 spiro atoms. The SMILES string of the molecule is CN=C(NCC1CCCO1)N(C)Cc1csc(C(C)OC)n1. The van der Waals surface area contributed by atoms with Crippen molar-refractivity contribution >= 4 is 17.3 Å². The molecule has 0 aliphatic carbocycles. The molecule has 0 amide bonds. The first-order chi connectivity index (χ1) is 10.6. The van der Waals surface area contributed by atoms with Crippen LogP contribution in [0.15, 0.2) is 10.4 Å². The average molecular weight is 326 g/mol. The van der Waals surface area contributed by atoms with Crippen LogP contribution < -0.4 is 5.32 Å². The lowest BCUT2D eigenvalue weighted by Crippen LogP contribution is -2.41. The number of thiazole rings is 1. The fourth-order valence-electron chi connectivity index (χ4n) is 2.40. The van der Waals surface area contributed by atoms with Crippen LogP contribution in [-0.4, -0.2) is 56.3 Å². The van der Waals surface area contributed by atoms with Crippen LogP contribution >= 0.6 is 11.3 Å². The number of nitrogens with one attached hydrogen (secondary N) is 1. The van der Waals surface area contributed by atoms with Crippen molar-refractivity contribution in [1.29, 1.82) is 0 Å². The van der Waals surface area contributed by atoms with Crippen LogP contribution in [0.3, 0.4) is 0 Å². The van der Waals surface area contributed by atoms with Crippen LogP contribution in [-0.2, 0) is 16.0 Å². The number of hydrogen-bond acceptors (Lipinski definition) is 5. The van der Waals surface area contributed by atoms with Crippen LogP contribution in [0.2, 0.25) is 0 Å². The molecule has 1 N–H and O–H groups in total. The second-order valence-corrected chi connectivity index (χ2v) is 6.36. The van der Waals surface area contributed by atoms with Gasteiger partial charge in [-0.1, -0.05) is 0 Å². The Balaban J connectivity index is 1.85. The monoisotopic (exact) mass is 326 g/mol. The van der Waals surface area contributed by atoms with Crippen molar-refractivity contribution in [2.45, 2.75) is 38.5 Å². The molecule has 0 aromatic carbocycles. The van der Waals surface area contributed by atoms with Crippen LogP contribution in [0.25, 0.3) is 0 Å². The van der Waals surface area contributed by atoms with E-state index in [1.165, 1.54) is 0 Å². The fourth-order valence-corrected chi connectivity index (χ4v) is 3.24. The number of hydrogen-bond donors (Lipinski definition) is 1. The zero-order valence-corrected chi connectivity index (χ0v) is 14.7. The van der Waals surface area contributed by atoms with Crippen LogP contribution in [0.5, 0.6) is 0 Å². The van der Waals surface area contributed by atoms with Gasteiger partial charge in [-0.15, -0.1) is 11.3 Å². The molecule has 22 heavy (non-hydrogen) atoms. The molecule has 7 heteroatoms. The highest BCUT2D eigenvalue weighted by atomic mass is 32.1. The van der Waals surface area contributed by atoms with Gasteiger partial charge in [-0.3, -0.25) is 4.99 Å². The molecule has 2 rings (SSSR count). The van der Waals surface area contributed by atoms with E-state index >= 15 is 0 Å². The average Bonchev–Trinajstić information content (AvgIpc) is 3.18. The summed E-state index contributed by atoms with van der Waals surface area (Å²) in [6.07, 6.45) is 2.62. The second-order valence-electron chi connectivity index (χ2n) is 5.47. The minimum absolute atomic E-state index is 0.0426. The molecular weight excluding hydrogens is 300 g/mol. The van der Waals surface area contributed by atoms with Crippen molar-refractivity contribution in [3.63, 3.8) is 0 Å². The zero-order chi connectivity index (χ0) is 15.9. The maximum absolute atomic E-state index is 5.63. The summed E-state index contributed by atoms with van der Waals surface area (Å²) in [5.74, 6) is 0.866. The lowest BCUT2D eigenvalue weighted by atomic mass is 10.2. The summed E-state index contributed by atoms with van der Waals surface area (Å²) < 4.78 is 10.9. The van der Waals surface area contributed by atoms with Crippen molar-refractivity contribution < 1.29 is 9.47 Å². The third-order valence-corrected chi connectivity index (χ3v) is 4.81. The topological polar surface area (TPSA) is 59.0 Å². The quantitative estimate of drug-likeness (QED) is 0.640. The Morgan fingerprint density at radius 1 is 1.68 bits per heavy atom. The van der Waals surface area contributed by atoms with Gasteiger partial charge in [-0.25, -0.2) is 4.98 Å². The largest absolute Gasteiger partial charge is 0.376 e. The predicted octanol–water partition coefficient (Wildman–Crippen LogP) is 2.04. The van der Waals surface area contributed by atoms with E-state index in [1.54, 1.807) is 25.5 Å². The molecule has 1 aliphatic heterocycles. The van der Waals surface area contributed by atoms with E-state index in [4.69, 9.17) is 9.47 Å². The molecule has 1 saturated heterocycles. The molecule has 1 fully saturated rings. The van der Waals surface area contributed by atoms with Crippen molar-refractivity contribution in [2.75, 3.05) is 34.4 Å². The molecule has 2 atom stereocenters. The summed E-state index contributed by atoms with van der Waals surface area (Å²) in [4.78, 5) is 11.0. The fraction of sp³-hybridized carbons (Fsp3) is 0.733. The molecule has 2 unspecified atom stereocenters. The molecule has 6 nitrogen and oxygen atoms in total. The van der Waals surface area contributed by atoms with E-state index in [0.29, 0.717) is 6.10 Å². The minimum Gasteiger partial charge on any atom is -0.376 e. The lowest BCUT2D eigenvalue weighted by molar-refractivity contribution is 0.113. The van der Waals surface area contributed by atoms with Gasteiger partial charge in [0.15, 0.2) is 5.96 Å². The molecule has 0 radical (unpaired) electrons. The summed E-state index contributed by atoms with van der Waals surface area (Å²) in [6, 6.07) is 0. The molecule has 1 aliphatic rings. The number of aromatic nitrogens is 1. The minimum atomic E-state index is 0.0426. The third kappa shape index (κ3) is 4.66. The first-order valence-corrected chi connectivity index (χ1v) is 8.52. The second kappa shape index (κ2) is 8.45. The predicted molar refractivity (Wildman–Crippen MR) is 89.3 cm³/mol. The molecule has 0 saturated carbocycles. The third-order valence-electron chi connectivity index (χ3n) is 3.76. The Kier molecular flexibility index (Phi) is 6.60. The van der Waals surface area contributed by atoms with E-state index in [2.05, 4.69) is 25.6 Å². The summed E-state index contributed by atoms with van der Waals surface area (Å²) >= 11 is 1.63. The Bertz CT molecular complexity index is 486. The van der Waals surface area contributed by atoms with Crippen LogP contribution in [0, 0.1) is 0 Å². The van der Waals surface area contributed by atoms with Gasteiger partial charge in [0.1, 0.15) is 11.1 Å². The van der Waals surface area contributed by atoms with Gasteiger partial charge in [0.2, 0.25) is 0 Å². The lowest BCUT2D eigenvalue weighted by Gasteiger charge is -2.22. The van der Waals surface area contributed by atoms with E-state index in [-0.39, 0.29) is 6.10 Å². The Morgan fingerprint density at radius 3 is 3.14 bits per heavy atom. The summed E-state index contributed by atoms with van der Waals surface area (Å²) in [5.41, 5.74) is 1.03. The summed E-state index contributed by atoms with van der Waals surface area (Å²) in [7, 11) is 5.52. The van der Waals surface area contributed by atoms with Crippen LogP contribution in [0.4, 0.5) is 0 Å². The van der Waals surface area contributed by atoms with Crippen molar-refractivity contribution in [3.8, 4) is 0 Å². The van der Waals surface area contributed by atoms with Gasteiger partial charge in [0, 0.05) is 39.7 Å². The Morgan fingerprint density at radius 2 is 2.50 bits per heavy atom. The van der Waals surface area contributed by atoms with Gasteiger partial charge >= 0.3 is 0 Å². The van der Waals surface area contributed by atoms with Gasteiger partial charge in [0.25, 0.3) is 0 Å². The van der Waals surface area contributed by atoms with E-state index in [0.717, 1.165) is 49.2 Å². The Labute approximate surface area is 136 Å². The summed E-state index contributed by atoms with van der Waals surface area (Å²) in [6.45, 7) is 4.41. The van der Waals surface area contributed by atoms with E-state index in [1.807, 2.05) is 14.0 Å². The Hall–Kier alpha value is -1.18. The van der Waals surface area contributed by atoms with Crippen molar-refractivity contribution in [2.24, 2.45) is 4.99 Å². The van der Waals surface area contributed by atoms with E-state index < -0.39 is 0 Å². The number of aliphatic imine (C=N–C) groups is 1. The summed E-state index contributed by atoms with van der Waals surface area (Å²) in [5, 5.41) is 6.46. The maximum atomic E-state index is 5.63. The van der Waals surface area contributed by atoms with Crippen molar-refractivity contribution in [1.82, 2.24) is 15.2 Å². The molecule has 124 valence electrons. The molecular formula is C15H26N4O2S. The molecule has 1 aromatic rings. The number of nitrogens with zero attached hydrogens (tertiary/aromatic N) is 3. The van der Waals surface area contributed by atoms with Crippen molar-refractivity contribution in [3.05, 3.63) is 16.1 Å². The highest BCUT2D eigenvalue weighted by molar-refractivity contribution is 7.09. The van der Waals surface area contributed by atoms with Gasteiger partial charge < -0.3 is 19.7 Å². The standard InChI is InChI=1S/C15H26N4O2S/c1-11(20-4)14-18-12(10-22-14)9-19(3)15(16-2)17-8-13-6-5-7-21-13/h10-11,13H,5-9H2,1-4H3,(H,16,17). The highest BCUT2D eigenvalue weighted by Gasteiger charge is 2.17.